The van der Waals surface area contributed by atoms with Gasteiger partial charge in [0.25, 0.3) is 11.8 Å². The quantitative estimate of drug-likeness (QED) is 0.146. The number of carboxylic acid groups (broad SMARTS) is 1. The highest BCUT2D eigenvalue weighted by Gasteiger charge is 2.54. The highest BCUT2D eigenvalue weighted by molar-refractivity contribution is 8.05. The molecule has 38 heavy (non-hydrogen) atoms. The van der Waals surface area contributed by atoms with Crippen LogP contribution in [-0.2, 0) is 35.4 Å². The van der Waals surface area contributed by atoms with E-state index in [1.165, 1.54) is 40.7 Å². The van der Waals surface area contributed by atoms with Crippen LogP contribution >= 0.6 is 34.9 Å². The Morgan fingerprint density at radius 2 is 2.13 bits per heavy atom. The molecule has 1 fully saturated rings. The lowest BCUT2D eigenvalue weighted by molar-refractivity contribution is -0.153. The van der Waals surface area contributed by atoms with Gasteiger partial charge in [0.1, 0.15) is 22.8 Å². The first kappa shape index (κ1) is 27.3. The van der Waals surface area contributed by atoms with Gasteiger partial charge >= 0.3 is 17.8 Å². The van der Waals surface area contributed by atoms with E-state index < -0.39 is 47.6 Å². The second-order valence-electron chi connectivity index (χ2n) is 7.52. The third-order valence-electron chi connectivity index (χ3n) is 5.15. The Hall–Kier alpha value is -3.77. The number of nitrogens with two attached hydrogens (primary N) is 1. The van der Waals surface area contributed by atoms with Gasteiger partial charge in [0.15, 0.2) is 29.0 Å². The van der Waals surface area contributed by atoms with Crippen LogP contribution < -0.4 is 16.9 Å². The van der Waals surface area contributed by atoms with Crippen molar-refractivity contribution in [2.75, 3.05) is 24.3 Å². The number of thioether (sulfide) groups is 2. The lowest BCUT2D eigenvalue weighted by Crippen LogP contribution is -2.71. The van der Waals surface area contributed by atoms with Crippen molar-refractivity contribution >= 4 is 69.5 Å². The Bertz CT molecular complexity index is 1410. The van der Waals surface area contributed by atoms with Gasteiger partial charge in [0, 0.05) is 16.0 Å². The molecule has 18 heteroatoms. The summed E-state index contributed by atoms with van der Waals surface area (Å²) in [4.78, 5) is 71.5. The number of ether oxygens (including phenoxy) is 1. The van der Waals surface area contributed by atoms with Crippen LogP contribution in [0, 0.1) is 6.92 Å². The van der Waals surface area contributed by atoms with Crippen molar-refractivity contribution < 1.29 is 42.7 Å². The largest absolute Gasteiger partial charge is 0.519 e. The number of carbonyl (C=O) groups excluding carboxylic acids is 3. The van der Waals surface area contributed by atoms with Crippen molar-refractivity contribution in [1.29, 1.82) is 0 Å². The van der Waals surface area contributed by atoms with Crippen LogP contribution in [0.25, 0.3) is 0 Å². The highest BCUT2D eigenvalue weighted by Crippen LogP contribution is 2.43. The van der Waals surface area contributed by atoms with E-state index in [4.69, 9.17) is 29.2 Å². The van der Waals surface area contributed by atoms with Gasteiger partial charge in [-0.15, -0.1) is 34.9 Å². The van der Waals surface area contributed by atoms with Crippen LogP contribution in [0.1, 0.15) is 17.2 Å². The number of esters is 1. The summed E-state index contributed by atoms with van der Waals surface area (Å²) in [5, 5.41) is 15.8. The second-order valence-corrected chi connectivity index (χ2v) is 10.4. The van der Waals surface area contributed by atoms with E-state index in [1.54, 1.807) is 6.26 Å². The summed E-state index contributed by atoms with van der Waals surface area (Å²) in [6.07, 6.45) is 1.74. The maximum Gasteiger partial charge on any atom is 0.519 e. The van der Waals surface area contributed by atoms with Crippen LogP contribution in [0.3, 0.4) is 0 Å². The topological polar surface area (TPSA) is 217 Å². The molecule has 2 atom stereocenters. The number of aromatic nitrogens is 1. The number of rotatable bonds is 10. The zero-order valence-corrected chi connectivity index (χ0v) is 22.1. The molecule has 1 unspecified atom stereocenters. The predicted molar refractivity (Wildman–Crippen MR) is 134 cm³/mol. The highest BCUT2D eigenvalue weighted by atomic mass is 32.2. The van der Waals surface area contributed by atoms with E-state index in [0.29, 0.717) is 10.7 Å². The lowest BCUT2D eigenvalue weighted by atomic mass is 10.0. The van der Waals surface area contributed by atoms with Gasteiger partial charge in [-0.1, -0.05) is 5.16 Å². The summed E-state index contributed by atoms with van der Waals surface area (Å²) >= 11 is 3.61. The number of oxime groups is 1. The molecule has 4 heterocycles. The Kier molecular flexibility index (Phi) is 8.12. The molecule has 0 radical (unpaired) electrons. The number of anilines is 1. The number of thiazole rings is 1. The fraction of sp³-hybridized carbons (Fsp3) is 0.350. The molecule has 0 aromatic carbocycles. The van der Waals surface area contributed by atoms with Crippen LogP contribution in [0.2, 0.25) is 0 Å². The number of nitrogens with zero attached hydrogens (tertiary/aromatic N) is 3. The summed E-state index contributed by atoms with van der Waals surface area (Å²) in [6, 6.07) is -1.03. The summed E-state index contributed by atoms with van der Waals surface area (Å²) in [5.41, 5.74) is 5.31. The number of β-lactam (4-membered cyclic amide) rings is 1. The van der Waals surface area contributed by atoms with E-state index in [2.05, 4.69) is 15.5 Å². The number of aliphatic carboxylic acids is 1. The number of carboxylic acids is 1. The van der Waals surface area contributed by atoms with Gasteiger partial charge < -0.3 is 34.6 Å². The van der Waals surface area contributed by atoms with Gasteiger partial charge in [0.05, 0.1) is 0 Å². The first-order valence-corrected chi connectivity index (χ1v) is 13.7. The number of aryl methyl sites for hydroxylation is 1. The zero-order chi connectivity index (χ0) is 27.6. The minimum Gasteiger partial charge on any atom is -0.479 e. The lowest BCUT2D eigenvalue weighted by Gasteiger charge is -2.49. The molecule has 4 N–H and O–H groups in total. The van der Waals surface area contributed by atoms with E-state index in [9.17, 15) is 24.0 Å². The summed E-state index contributed by atoms with van der Waals surface area (Å²) in [5.74, 6) is -3.93. The van der Waals surface area contributed by atoms with Crippen LogP contribution in [0.4, 0.5) is 5.13 Å². The molecule has 202 valence electrons. The van der Waals surface area contributed by atoms with E-state index in [0.717, 1.165) is 11.3 Å². The van der Waals surface area contributed by atoms with Crippen LogP contribution in [-0.4, -0.2) is 74.5 Å². The number of carbonyl (C=O) groups is 4. The van der Waals surface area contributed by atoms with Crippen molar-refractivity contribution in [2.24, 2.45) is 5.16 Å². The number of hydrogen-bond donors (Lipinski definition) is 3. The van der Waals surface area contributed by atoms with Crippen LogP contribution in [0.15, 0.2) is 34.8 Å². The SMILES string of the molecule is CSC1=C(C(=O)OCc2oc(=O)oc2C)N2C(=O)C(NC(=O)/C(=N/OCC(=O)O)c3csc(N)n3)[C@H]2SC1. The molecular weight excluding hydrogens is 566 g/mol. The van der Waals surface area contributed by atoms with Gasteiger partial charge in [-0.25, -0.2) is 19.4 Å². The monoisotopic (exact) mass is 585 g/mol. The standard InChI is InChI=1S/C20H19N5O10S3/c1-7-9(35-20(31)34-7)3-32-18(30)14-10(36-2)6-37-17-13(16(29)25(14)17)23-15(28)12(24-33-4-11(26)27)8-5-38-19(21)22-8/h5,13,17H,3-4,6H2,1-2H3,(H2,21,22)(H,23,28)(H,26,27)/b24-12+/t13?,17-/m1/s1. The number of amides is 2. The third kappa shape index (κ3) is 5.55. The summed E-state index contributed by atoms with van der Waals surface area (Å²) in [6.45, 7) is 0.291. The Morgan fingerprint density at radius 3 is 2.74 bits per heavy atom. The second kappa shape index (κ2) is 11.3. The van der Waals surface area contributed by atoms with Gasteiger partial charge in [-0.3, -0.25) is 14.5 Å². The molecule has 2 amide bonds. The summed E-state index contributed by atoms with van der Waals surface area (Å²) < 4.78 is 14.9. The normalized spacial score (nSPS) is 19.1. The number of fused-ring (bicyclic) bond motifs is 1. The smallest absolute Gasteiger partial charge is 0.479 e. The van der Waals surface area contributed by atoms with E-state index >= 15 is 0 Å². The average Bonchev–Trinajstić information content (AvgIpc) is 3.45. The Morgan fingerprint density at radius 1 is 1.37 bits per heavy atom. The van der Waals surface area contributed by atoms with Gasteiger partial charge in [0.2, 0.25) is 6.61 Å². The first-order chi connectivity index (χ1) is 18.1. The maximum absolute atomic E-state index is 13.1. The van der Waals surface area contributed by atoms with E-state index in [1.807, 2.05) is 0 Å². The van der Waals surface area contributed by atoms with Crippen molar-refractivity contribution in [1.82, 2.24) is 15.2 Å². The molecule has 0 bridgehead atoms. The predicted octanol–water partition coefficient (Wildman–Crippen LogP) is 0.103. The molecule has 2 aromatic rings. The molecule has 2 aliphatic heterocycles. The van der Waals surface area contributed by atoms with Gasteiger partial charge in [-0.05, 0) is 13.2 Å². The minimum absolute atomic E-state index is 0.0196. The maximum atomic E-state index is 13.1. The Labute approximate surface area is 225 Å². The molecule has 4 rings (SSSR count). The average molecular weight is 586 g/mol. The van der Waals surface area contributed by atoms with Crippen molar-refractivity contribution in [3.63, 3.8) is 0 Å². The number of nitrogen functional groups attached to an aromatic ring is 1. The Balaban J connectivity index is 1.49. The fourth-order valence-corrected chi connectivity index (χ4v) is 6.20. The van der Waals surface area contributed by atoms with Gasteiger partial charge in [-0.2, -0.15) is 0 Å². The molecule has 2 aliphatic rings. The molecule has 15 nitrogen and oxygen atoms in total. The molecule has 2 aromatic heterocycles. The summed E-state index contributed by atoms with van der Waals surface area (Å²) in [7, 11) is 0. The van der Waals surface area contributed by atoms with Crippen molar-refractivity contribution in [3.05, 3.63) is 43.8 Å². The van der Waals surface area contributed by atoms with Crippen molar-refractivity contribution in [3.8, 4) is 0 Å². The van der Waals surface area contributed by atoms with Crippen LogP contribution in [0.5, 0.6) is 0 Å². The minimum atomic E-state index is -1.31. The molecule has 0 aliphatic carbocycles. The van der Waals surface area contributed by atoms with Crippen molar-refractivity contribution in [2.45, 2.75) is 24.9 Å². The number of hydrogen-bond acceptors (Lipinski definition) is 15. The third-order valence-corrected chi connectivity index (χ3v) is 8.12. The molecule has 0 spiro atoms. The molecule has 0 saturated carbocycles. The zero-order valence-electron chi connectivity index (χ0n) is 19.6. The van der Waals surface area contributed by atoms with E-state index in [-0.39, 0.29) is 40.4 Å². The fourth-order valence-electron chi connectivity index (χ4n) is 3.41. The molecular formula is C20H19N5O10S3. The molecule has 1 saturated heterocycles. The number of nitrogens with one attached hydrogen (secondary N) is 1. The first-order valence-electron chi connectivity index (χ1n) is 10.5.